The molecule has 2 heterocycles. The molecule has 0 saturated heterocycles. The first-order chi connectivity index (χ1) is 11.1. The molecule has 120 valence electrons. The first-order valence-corrected chi connectivity index (χ1v) is 7.74. The molecule has 1 unspecified atom stereocenters. The summed E-state index contributed by atoms with van der Waals surface area (Å²) in [5.41, 5.74) is 4.03. The monoisotopic (exact) mass is 311 g/mol. The second-order valence-corrected chi connectivity index (χ2v) is 5.90. The molecule has 1 aromatic carbocycles. The average molecular weight is 311 g/mol. The van der Waals surface area contributed by atoms with Gasteiger partial charge in [0.25, 0.3) is 0 Å². The molecule has 0 amide bonds. The topological polar surface area (TPSA) is 59.9 Å². The van der Waals surface area contributed by atoms with Crippen molar-refractivity contribution in [1.29, 1.82) is 0 Å². The fourth-order valence-corrected chi connectivity index (χ4v) is 2.64. The third-order valence-corrected chi connectivity index (χ3v) is 4.14. The van der Waals surface area contributed by atoms with Gasteiger partial charge in [0, 0.05) is 38.9 Å². The van der Waals surface area contributed by atoms with Gasteiger partial charge in [0.15, 0.2) is 0 Å². The Labute approximate surface area is 134 Å². The van der Waals surface area contributed by atoms with Crippen molar-refractivity contribution < 1.29 is 4.74 Å². The van der Waals surface area contributed by atoms with Crippen LogP contribution in [0.1, 0.15) is 25.1 Å². The number of rotatable bonds is 5. The van der Waals surface area contributed by atoms with E-state index in [4.69, 9.17) is 4.74 Å². The number of ether oxygens (including phenoxy) is 1. The predicted octanol–water partition coefficient (Wildman–Crippen LogP) is 3.07. The van der Waals surface area contributed by atoms with E-state index in [1.54, 1.807) is 24.8 Å². The van der Waals surface area contributed by atoms with Crippen LogP contribution in [0.3, 0.4) is 0 Å². The zero-order valence-corrected chi connectivity index (χ0v) is 13.7. The van der Waals surface area contributed by atoms with Crippen molar-refractivity contribution in [3.63, 3.8) is 0 Å². The van der Waals surface area contributed by atoms with Gasteiger partial charge in [-0.2, -0.15) is 0 Å². The quantitative estimate of drug-likeness (QED) is 0.788. The van der Waals surface area contributed by atoms with Crippen LogP contribution in [0.15, 0.2) is 41.3 Å². The van der Waals surface area contributed by atoms with E-state index in [1.165, 1.54) is 0 Å². The van der Waals surface area contributed by atoms with Crippen LogP contribution in [-0.2, 0) is 11.8 Å². The number of nitrogens with one attached hydrogen (secondary N) is 1. The van der Waals surface area contributed by atoms with Gasteiger partial charge >= 0.3 is 0 Å². The van der Waals surface area contributed by atoms with E-state index in [9.17, 15) is 4.79 Å². The summed E-state index contributed by atoms with van der Waals surface area (Å²) >= 11 is 0. The van der Waals surface area contributed by atoms with Crippen LogP contribution >= 0.6 is 0 Å². The Balaban J connectivity index is 1.95. The number of nitrogens with zero attached hydrogens (tertiary/aromatic N) is 2. The van der Waals surface area contributed by atoms with Gasteiger partial charge in [0.1, 0.15) is 5.82 Å². The maximum Gasteiger partial charge on any atom is 0.250 e. The molecule has 3 rings (SSSR count). The number of hydrogen-bond donors (Lipinski definition) is 1. The lowest BCUT2D eigenvalue weighted by Crippen LogP contribution is -2.13. The van der Waals surface area contributed by atoms with Gasteiger partial charge in [-0.15, -0.1) is 0 Å². The third-order valence-electron chi connectivity index (χ3n) is 4.14. The zero-order valence-electron chi connectivity index (χ0n) is 13.7. The molecule has 0 radical (unpaired) electrons. The number of fused-ring (bicyclic) bond motifs is 1. The molecule has 0 fully saturated rings. The number of aromatic amines is 1. The van der Waals surface area contributed by atoms with Crippen LogP contribution in [0.4, 0.5) is 0 Å². The molecule has 1 atom stereocenters. The molecular formula is C18H21N3O2. The van der Waals surface area contributed by atoms with E-state index in [0.29, 0.717) is 5.92 Å². The number of imidazole rings is 1. The molecule has 0 bridgehead atoms. The lowest BCUT2D eigenvalue weighted by Gasteiger charge is -2.06. The van der Waals surface area contributed by atoms with Gasteiger partial charge in [-0.25, -0.2) is 4.98 Å². The maximum atomic E-state index is 11.5. The molecule has 0 aliphatic carbocycles. The van der Waals surface area contributed by atoms with Crippen molar-refractivity contribution in [2.24, 2.45) is 7.05 Å². The van der Waals surface area contributed by atoms with Crippen LogP contribution in [0.25, 0.3) is 22.2 Å². The predicted molar refractivity (Wildman–Crippen MR) is 91.7 cm³/mol. The Morgan fingerprint density at radius 3 is 2.78 bits per heavy atom. The standard InChI is InChI=1S/C18H21N3O2/c1-12(8-9-23-3)18-19-15-6-4-13(10-16(15)20-18)14-5-7-17(22)21(2)11-14/h4-7,10-12H,8-9H2,1-3H3,(H,19,20). The highest BCUT2D eigenvalue weighted by atomic mass is 16.5. The Hall–Kier alpha value is -2.40. The number of pyridine rings is 1. The summed E-state index contributed by atoms with van der Waals surface area (Å²) in [5.74, 6) is 1.30. The molecule has 1 N–H and O–H groups in total. The van der Waals surface area contributed by atoms with E-state index in [0.717, 1.165) is 41.0 Å². The Bertz CT molecular complexity index is 879. The largest absolute Gasteiger partial charge is 0.385 e. The Kier molecular flexibility index (Phi) is 4.30. The van der Waals surface area contributed by atoms with Gasteiger partial charge in [0.2, 0.25) is 5.56 Å². The summed E-state index contributed by atoms with van der Waals surface area (Å²) in [6, 6.07) is 9.56. The molecule has 0 saturated carbocycles. The highest BCUT2D eigenvalue weighted by Gasteiger charge is 2.11. The molecule has 5 nitrogen and oxygen atoms in total. The van der Waals surface area contributed by atoms with Crippen LogP contribution in [0.2, 0.25) is 0 Å². The van der Waals surface area contributed by atoms with Crippen molar-refractivity contribution >= 4 is 11.0 Å². The lowest BCUT2D eigenvalue weighted by atomic mass is 10.1. The number of aryl methyl sites for hydroxylation is 1. The maximum absolute atomic E-state index is 11.5. The average Bonchev–Trinajstić information content (AvgIpc) is 2.98. The van der Waals surface area contributed by atoms with Crippen molar-refractivity contribution in [3.8, 4) is 11.1 Å². The lowest BCUT2D eigenvalue weighted by molar-refractivity contribution is 0.188. The minimum absolute atomic E-state index is 0.00868. The Morgan fingerprint density at radius 2 is 2.04 bits per heavy atom. The van der Waals surface area contributed by atoms with E-state index < -0.39 is 0 Å². The minimum atomic E-state index is -0.00868. The van der Waals surface area contributed by atoms with Crippen LogP contribution in [-0.4, -0.2) is 28.3 Å². The first kappa shape index (κ1) is 15.5. The third kappa shape index (κ3) is 3.19. The van der Waals surface area contributed by atoms with Crippen molar-refractivity contribution in [2.75, 3.05) is 13.7 Å². The van der Waals surface area contributed by atoms with Crippen molar-refractivity contribution in [1.82, 2.24) is 14.5 Å². The highest BCUT2D eigenvalue weighted by molar-refractivity contribution is 5.81. The summed E-state index contributed by atoms with van der Waals surface area (Å²) in [6.45, 7) is 2.87. The summed E-state index contributed by atoms with van der Waals surface area (Å²) in [7, 11) is 3.47. The molecule has 5 heteroatoms. The molecule has 2 aromatic heterocycles. The first-order valence-electron chi connectivity index (χ1n) is 7.74. The molecule has 0 aliphatic heterocycles. The zero-order chi connectivity index (χ0) is 16.4. The van der Waals surface area contributed by atoms with Gasteiger partial charge < -0.3 is 14.3 Å². The fourth-order valence-electron chi connectivity index (χ4n) is 2.64. The summed E-state index contributed by atoms with van der Waals surface area (Å²) in [5, 5.41) is 0. The second kappa shape index (κ2) is 6.38. The van der Waals surface area contributed by atoms with Gasteiger partial charge in [-0.1, -0.05) is 13.0 Å². The Morgan fingerprint density at radius 1 is 1.26 bits per heavy atom. The van der Waals surface area contributed by atoms with E-state index >= 15 is 0 Å². The molecular weight excluding hydrogens is 290 g/mol. The minimum Gasteiger partial charge on any atom is -0.385 e. The van der Waals surface area contributed by atoms with Gasteiger partial charge in [-0.05, 0) is 35.7 Å². The number of hydrogen-bond acceptors (Lipinski definition) is 3. The van der Waals surface area contributed by atoms with Crippen LogP contribution in [0.5, 0.6) is 0 Å². The number of methoxy groups -OCH3 is 1. The van der Waals surface area contributed by atoms with E-state index in [-0.39, 0.29) is 5.56 Å². The smallest absolute Gasteiger partial charge is 0.250 e. The normalized spacial score (nSPS) is 12.7. The highest BCUT2D eigenvalue weighted by Crippen LogP contribution is 2.25. The second-order valence-electron chi connectivity index (χ2n) is 5.90. The van der Waals surface area contributed by atoms with Gasteiger partial charge in [0.05, 0.1) is 11.0 Å². The summed E-state index contributed by atoms with van der Waals surface area (Å²) < 4.78 is 6.72. The van der Waals surface area contributed by atoms with Crippen LogP contribution in [0, 0.1) is 0 Å². The van der Waals surface area contributed by atoms with Crippen molar-refractivity contribution in [3.05, 3.63) is 52.7 Å². The summed E-state index contributed by atoms with van der Waals surface area (Å²) in [4.78, 5) is 19.6. The SMILES string of the molecule is COCCC(C)c1nc2ccc(-c3ccc(=O)n(C)c3)cc2[nH]1. The van der Waals surface area contributed by atoms with E-state index in [1.807, 2.05) is 24.4 Å². The molecule has 3 aromatic rings. The summed E-state index contributed by atoms with van der Waals surface area (Å²) in [6.07, 6.45) is 2.78. The number of aromatic nitrogens is 3. The fraction of sp³-hybridized carbons (Fsp3) is 0.333. The molecule has 0 aliphatic rings. The van der Waals surface area contributed by atoms with E-state index in [2.05, 4.69) is 23.0 Å². The van der Waals surface area contributed by atoms with Crippen molar-refractivity contribution in [2.45, 2.75) is 19.3 Å². The molecule has 23 heavy (non-hydrogen) atoms. The number of H-pyrrole nitrogens is 1. The van der Waals surface area contributed by atoms with Crippen LogP contribution < -0.4 is 5.56 Å². The number of benzene rings is 1. The van der Waals surface area contributed by atoms with Gasteiger partial charge in [-0.3, -0.25) is 4.79 Å². The molecule has 0 spiro atoms.